The van der Waals surface area contributed by atoms with Crippen molar-refractivity contribution in [1.29, 1.82) is 0 Å². The molecule has 1 amide bonds. The van der Waals surface area contributed by atoms with Crippen molar-refractivity contribution in [2.24, 2.45) is 5.73 Å². The average molecular weight is 307 g/mol. The Balaban J connectivity index is 2.00. The van der Waals surface area contributed by atoms with Crippen molar-refractivity contribution in [3.63, 3.8) is 0 Å². The summed E-state index contributed by atoms with van der Waals surface area (Å²) in [4.78, 5) is 14.0. The molecular formula is C15H12Cl2N2O. The van der Waals surface area contributed by atoms with Crippen molar-refractivity contribution >= 4 is 34.8 Å². The van der Waals surface area contributed by atoms with Crippen LogP contribution < -0.4 is 10.6 Å². The first-order valence-electron chi connectivity index (χ1n) is 6.18. The SMILES string of the molecule is N[C@@H]1C(=O)N(Cc2ccccc2Cl)c2ccc(Cl)cc21. The Labute approximate surface area is 126 Å². The largest absolute Gasteiger partial charge is 0.316 e. The number of hydrogen-bond donors (Lipinski definition) is 1. The molecule has 3 rings (SSSR count). The van der Waals surface area contributed by atoms with Gasteiger partial charge in [-0.2, -0.15) is 0 Å². The molecule has 0 unspecified atom stereocenters. The standard InChI is InChI=1S/C15H12Cl2N2O/c16-10-5-6-13-11(7-10)14(18)15(20)19(13)8-9-3-1-2-4-12(9)17/h1-7,14H,8,18H2/t14-/m0/s1. The van der Waals surface area contributed by atoms with Crippen LogP contribution in [0.2, 0.25) is 10.0 Å². The molecule has 2 N–H and O–H groups in total. The minimum absolute atomic E-state index is 0.137. The van der Waals surface area contributed by atoms with Crippen LogP contribution in [0.5, 0.6) is 0 Å². The summed E-state index contributed by atoms with van der Waals surface area (Å²) >= 11 is 12.1. The molecular weight excluding hydrogens is 295 g/mol. The van der Waals surface area contributed by atoms with Gasteiger partial charge in [0.2, 0.25) is 5.91 Å². The summed E-state index contributed by atoms with van der Waals surface area (Å²) in [6, 6.07) is 12.1. The predicted octanol–water partition coefficient (Wildman–Crippen LogP) is 3.54. The molecule has 20 heavy (non-hydrogen) atoms. The van der Waals surface area contributed by atoms with E-state index in [1.807, 2.05) is 24.3 Å². The molecule has 0 saturated heterocycles. The molecule has 0 saturated carbocycles. The molecule has 1 aliphatic heterocycles. The van der Waals surface area contributed by atoms with Crippen molar-refractivity contribution < 1.29 is 4.79 Å². The number of hydrogen-bond acceptors (Lipinski definition) is 2. The van der Waals surface area contributed by atoms with Gasteiger partial charge in [0, 0.05) is 21.3 Å². The molecule has 2 aromatic carbocycles. The van der Waals surface area contributed by atoms with E-state index in [4.69, 9.17) is 28.9 Å². The van der Waals surface area contributed by atoms with Gasteiger partial charge >= 0.3 is 0 Å². The summed E-state index contributed by atoms with van der Waals surface area (Å²) in [5, 5.41) is 1.21. The molecule has 1 heterocycles. The van der Waals surface area contributed by atoms with Gasteiger partial charge in [0.25, 0.3) is 0 Å². The molecule has 1 aliphatic rings. The summed E-state index contributed by atoms with van der Waals surface area (Å²) in [7, 11) is 0. The second-order valence-electron chi connectivity index (χ2n) is 4.70. The van der Waals surface area contributed by atoms with E-state index >= 15 is 0 Å². The maximum absolute atomic E-state index is 12.3. The molecule has 0 fully saturated rings. The number of carbonyl (C=O) groups is 1. The van der Waals surface area contributed by atoms with E-state index in [0.29, 0.717) is 16.6 Å². The highest BCUT2D eigenvalue weighted by molar-refractivity contribution is 6.31. The lowest BCUT2D eigenvalue weighted by Crippen LogP contribution is -2.31. The molecule has 5 heteroatoms. The number of rotatable bonds is 2. The van der Waals surface area contributed by atoms with E-state index in [2.05, 4.69) is 0 Å². The minimum atomic E-state index is -0.661. The van der Waals surface area contributed by atoms with Crippen molar-refractivity contribution in [2.75, 3.05) is 4.90 Å². The number of anilines is 1. The third-order valence-electron chi connectivity index (χ3n) is 3.43. The van der Waals surface area contributed by atoms with Crippen LogP contribution in [0.25, 0.3) is 0 Å². The third kappa shape index (κ3) is 2.18. The van der Waals surface area contributed by atoms with Gasteiger partial charge in [-0.3, -0.25) is 4.79 Å². The van der Waals surface area contributed by atoms with Crippen molar-refractivity contribution in [3.05, 3.63) is 63.6 Å². The fourth-order valence-electron chi connectivity index (χ4n) is 2.40. The van der Waals surface area contributed by atoms with Crippen LogP contribution in [0, 0.1) is 0 Å². The lowest BCUT2D eigenvalue weighted by atomic mass is 10.1. The predicted molar refractivity (Wildman–Crippen MR) is 81.0 cm³/mol. The molecule has 0 bridgehead atoms. The van der Waals surface area contributed by atoms with E-state index < -0.39 is 6.04 Å². The molecule has 0 radical (unpaired) electrons. The van der Waals surface area contributed by atoms with Crippen LogP contribution in [-0.4, -0.2) is 5.91 Å². The number of fused-ring (bicyclic) bond motifs is 1. The topological polar surface area (TPSA) is 46.3 Å². The first kappa shape index (κ1) is 13.4. The van der Waals surface area contributed by atoms with Gasteiger partial charge in [-0.05, 0) is 29.8 Å². The Morgan fingerprint density at radius 2 is 1.90 bits per heavy atom. The van der Waals surface area contributed by atoms with E-state index in [9.17, 15) is 4.79 Å². The summed E-state index contributed by atoms with van der Waals surface area (Å²) < 4.78 is 0. The Morgan fingerprint density at radius 3 is 2.65 bits per heavy atom. The molecule has 0 aliphatic carbocycles. The van der Waals surface area contributed by atoms with Gasteiger partial charge in [0.1, 0.15) is 6.04 Å². The summed E-state index contributed by atoms with van der Waals surface area (Å²) in [6.45, 7) is 0.404. The first-order chi connectivity index (χ1) is 9.58. The average Bonchev–Trinajstić information content (AvgIpc) is 2.66. The fourth-order valence-corrected chi connectivity index (χ4v) is 2.78. The van der Waals surface area contributed by atoms with E-state index in [0.717, 1.165) is 16.8 Å². The summed E-state index contributed by atoms with van der Waals surface area (Å²) in [5.41, 5.74) is 8.40. The molecule has 3 nitrogen and oxygen atoms in total. The van der Waals surface area contributed by atoms with Crippen LogP contribution in [0.15, 0.2) is 42.5 Å². The second-order valence-corrected chi connectivity index (χ2v) is 5.54. The van der Waals surface area contributed by atoms with Gasteiger partial charge in [0.15, 0.2) is 0 Å². The van der Waals surface area contributed by atoms with Crippen LogP contribution >= 0.6 is 23.2 Å². The van der Waals surface area contributed by atoms with Crippen LogP contribution in [0.4, 0.5) is 5.69 Å². The molecule has 1 atom stereocenters. The van der Waals surface area contributed by atoms with Gasteiger partial charge in [0.05, 0.1) is 6.54 Å². The van der Waals surface area contributed by atoms with Crippen molar-refractivity contribution in [2.45, 2.75) is 12.6 Å². The smallest absolute Gasteiger partial charge is 0.248 e. The molecule has 102 valence electrons. The molecule has 2 aromatic rings. The normalized spacial score (nSPS) is 17.4. The Bertz CT molecular complexity index is 687. The quantitative estimate of drug-likeness (QED) is 0.922. The first-order valence-corrected chi connectivity index (χ1v) is 6.93. The van der Waals surface area contributed by atoms with Crippen LogP contribution in [0.3, 0.4) is 0 Å². The highest BCUT2D eigenvalue weighted by atomic mass is 35.5. The summed E-state index contributed by atoms with van der Waals surface area (Å²) in [5.74, 6) is -0.137. The zero-order valence-corrected chi connectivity index (χ0v) is 12.0. The van der Waals surface area contributed by atoms with Gasteiger partial charge in [-0.25, -0.2) is 0 Å². The van der Waals surface area contributed by atoms with Gasteiger partial charge in [-0.15, -0.1) is 0 Å². The zero-order valence-electron chi connectivity index (χ0n) is 10.5. The number of halogens is 2. The number of nitrogens with zero attached hydrogens (tertiary/aromatic N) is 1. The molecule has 0 spiro atoms. The lowest BCUT2D eigenvalue weighted by molar-refractivity contribution is -0.119. The van der Waals surface area contributed by atoms with Crippen molar-refractivity contribution in [3.8, 4) is 0 Å². The third-order valence-corrected chi connectivity index (χ3v) is 4.04. The maximum Gasteiger partial charge on any atom is 0.248 e. The number of amides is 1. The van der Waals surface area contributed by atoms with Crippen LogP contribution in [-0.2, 0) is 11.3 Å². The molecule has 0 aromatic heterocycles. The number of benzene rings is 2. The Hall–Kier alpha value is -1.55. The fraction of sp³-hybridized carbons (Fsp3) is 0.133. The van der Waals surface area contributed by atoms with Crippen molar-refractivity contribution in [1.82, 2.24) is 0 Å². The maximum atomic E-state index is 12.3. The van der Waals surface area contributed by atoms with Gasteiger partial charge < -0.3 is 10.6 Å². The minimum Gasteiger partial charge on any atom is -0.316 e. The Kier molecular flexibility index (Phi) is 3.42. The van der Waals surface area contributed by atoms with E-state index in [1.54, 1.807) is 23.1 Å². The number of nitrogens with two attached hydrogens (primary N) is 1. The number of carbonyl (C=O) groups excluding carboxylic acids is 1. The summed E-state index contributed by atoms with van der Waals surface area (Å²) in [6.07, 6.45) is 0. The van der Waals surface area contributed by atoms with E-state index in [-0.39, 0.29) is 5.91 Å². The van der Waals surface area contributed by atoms with Crippen LogP contribution in [0.1, 0.15) is 17.2 Å². The Morgan fingerprint density at radius 1 is 1.15 bits per heavy atom. The lowest BCUT2D eigenvalue weighted by Gasteiger charge is -2.18. The monoisotopic (exact) mass is 306 g/mol. The van der Waals surface area contributed by atoms with E-state index in [1.165, 1.54) is 0 Å². The zero-order chi connectivity index (χ0) is 14.3. The second kappa shape index (κ2) is 5.09. The highest BCUT2D eigenvalue weighted by Crippen LogP contribution is 2.37. The highest BCUT2D eigenvalue weighted by Gasteiger charge is 2.35. The van der Waals surface area contributed by atoms with Gasteiger partial charge in [-0.1, -0.05) is 41.4 Å².